The van der Waals surface area contributed by atoms with Crippen LogP contribution in [0.5, 0.6) is 0 Å². The molecule has 6 heteroatoms. The predicted molar refractivity (Wildman–Crippen MR) is 74.8 cm³/mol. The lowest BCUT2D eigenvalue weighted by molar-refractivity contribution is -0.211. The molecule has 1 spiro atoms. The van der Waals surface area contributed by atoms with Crippen LogP contribution < -0.4 is 5.32 Å². The minimum Gasteiger partial charge on any atom is -0.445 e. The van der Waals surface area contributed by atoms with Gasteiger partial charge in [-0.15, -0.1) is 0 Å². The van der Waals surface area contributed by atoms with Crippen LogP contribution in [0.25, 0.3) is 0 Å². The lowest BCUT2D eigenvalue weighted by Gasteiger charge is -2.60. The van der Waals surface area contributed by atoms with Crippen LogP contribution in [0.4, 0.5) is 4.79 Å². The molecule has 1 saturated heterocycles. The van der Waals surface area contributed by atoms with Gasteiger partial charge in [-0.25, -0.2) is 4.79 Å². The molecule has 1 heterocycles. The van der Waals surface area contributed by atoms with Gasteiger partial charge >= 0.3 is 6.09 Å². The monoisotopic (exact) mass is 295 g/mol. The van der Waals surface area contributed by atoms with Gasteiger partial charge in [0.05, 0.1) is 0 Å². The minimum absolute atomic E-state index is 0.0298. The zero-order chi connectivity index (χ0) is 14.2. The Bertz CT molecular complexity index is 499. The summed E-state index contributed by atoms with van der Waals surface area (Å²) in [6.07, 6.45) is 0.725. The Morgan fingerprint density at radius 2 is 2.05 bits per heavy atom. The first-order chi connectivity index (χ1) is 9.51. The van der Waals surface area contributed by atoms with Gasteiger partial charge in [0, 0.05) is 17.2 Å². The van der Waals surface area contributed by atoms with E-state index < -0.39 is 16.6 Å². The van der Waals surface area contributed by atoms with E-state index in [1.807, 2.05) is 30.3 Å². The Kier molecular flexibility index (Phi) is 3.40. The van der Waals surface area contributed by atoms with Gasteiger partial charge in [-0.05, 0) is 18.4 Å². The Labute approximate surface area is 121 Å². The van der Waals surface area contributed by atoms with Crippen LogP contribution in [-0.2, 0) is 11.3 Å². The van der Waals surface area contributed by atoms with Gasteiger partial charge in [-0.2, -0.15) is 0 Å². The third-order valence-corrected chi connectivity index (χ3v) is 5.58. The number of benzene rings is 1. The van der Waals surface area contributed by atoms with E-state index in [0.717, 1.165) is 23.1 Å². The average Bonchev–Trinajstić information content (AvgIpc) is 2.40. The first-order valence-corrected chi connectivity index (χ1v) is 7.55. The highest BCUT2D eigenvalue weighted by molar-refractivity contribution is 8.01. The lowest BCUT2D eigenvalue weighted by atomic mass is 9.65. The molecule has 2 fully saturated rings. The molecule has 1 aromatic rings. The Morgan fingerprint density at radius 1 is 1.35 bits per heavy atom. The van der Waals surface area contributed by atoms with Gasteiger partial charge in [-0.1, -0.05) is 42.1 Å². The highest BCUT2D eigenvalue weighted by Gasteiger charge is 2.65. The van der Waals surface area contributed by atoms with E-state index in [2.05, 4.69) is 5.32 Å². The van der Waals surface area contributed by atoms with E-state index in [4.69, 9.17) is 4.74 Å². The summed E-state index contributed by atoms with van der Waals surface area (Å²) in [4.78, 5) is 11.6. The zero-order valence-corrected chi connectivity index (χ0v) is 11.7. The number of amides is 1. The molecule has 2 aliphatic rings. The summed E-state index contributed by atoms with van der Waals surface area (Å²) >= 11 is 1.14. The molecule has 108 valence electrons. The SMILES string of the molecule is O=C(NC1CC2(CSC2(O)O)C1)OCc1ccccc1. The van der Waals surface area contributed by atoms with Crippen molar-refractivity contribution >= 4 is 17.9 Å². The molecule has 5 nitrogen and oxygen atoms in total. The lowest BCUT2D eigenvalue weighted by Crippen LogP contribution is -2.67. The molecule has 0 bridgehead atoms. The van der Waals surface area contributed by atoms with Gasteiger partial charge in [0.2, 0.25) is 5.12 Å². The second-order valence-electron chi connectivity index (χ2n) is 5.49. The third-order valence-electron chi connectivity index (χ3n) is 4.05. The van der Waals surface area contributed by atoms with Crippen LogP contribution in [-0.4, -0.2) is 33.2 Å². The molecule has 20 heavy (non-hydrogen) atoms. The number of ether oxygens (including phenoxy) is 1. The number of hydrogen-bond donors (Lipinski definition) is 3. The minimum atomic E-state index is -1.63. The molecule has 1 aliphatic carbocycles. The number of hydrogen-bond acceptors (Lipinski definition) is 5. The largest absolute Gasteiger partial charge is 0.445 e. The Morgan fingerprint density at radius 3 is 2.60 bits per heavy atom. The fraction of sp³-hybridized carbons (Fsp3) is 0.500. The predicted octanol–water partition coefficient (Wildman–Crippen LogP) is 1.45. The topological polar surface area (TPSA) is 78.8 Å². The number of thioether (sulfide) groups is 1. The summed E-state index contributed by atoms with van der Waals surface area (Å²) in [6.45, 7) is 0.240. The standard InChI is InChI=1S/C14H17NO4S/c16-12(19-8-10-4-2-1-3-5-10)15-11-6-13(7-11)9-20-14(13,17)18/h1-5,11,17-18H,6-9H2,(H,15,16). The number of carbonyl (C=O) groups is 1. The van der Waals surface area contributed by atoms with Gasteiger partial charge in [0.15, 0.2) is 0 Å². The number of alkyl carbamates (subject to hydrolysis) is 1. The molecule has 0 radical (unpaired) electrons. The summed E-state index contributed by atoms with van der Waals surface area (Å²) in [7, 11) is 0. The Balaban J connectivity index is 1.41. The fourth-order valence-electron chi connectivity index (χ4n) is 2.71. The first kappa shape index (κ1) is 13.7. The first-order valence-electron chi connectivity index (χ1n) is 6.57. The molecule has 3 rings (SSSR count). The summed E-state index contributed by atoms with van der Waals surface area (Å²) in [6, 6.07) is 9.44. The highest BCUT2D eigenvalue weighted by atomic mass is 32.2. The van der Waals surface area contributed by atoms with Crippen molar-refractivity contribution in [1.29, 1.82) is 0 Å². The normalized spacial score (nSPS) is 30.2. The molecule has 1 aliphatic heterocycles. The number of carbonyl (C=O) groups excluding carboxylic acids is 1. The molecule has 1 saturated carbocycles. The average molecular weight is 295 g/mol. The zero-order valence-electron chi connectivity index (χ0n) is 10.9. The van der Waals surface area contributed by atoms with Crippen LogP contribution in [0.15, 0.2) is 30.3 Å². The second kappa shape index (κ2) is 4.95. The van der Waals surface area contributed by atoms with Crippen molar-refractivity contribution < 1.29 is 19.7 Å². The maximum atomic E-state index is 11.6. The molecule has 0 aromatic heterocycles. The summed E-state index contributed by atoms with van der Waals surface area (Å²) < 4.78 is 5.13. The van der Waals surface area contributed by atoms with Crippen molar-refractivity contribution in [2.45, 2.75) is 30.6 Å². The van der Waals surface area contributed by atoms with Crippen LogP contribution in [0, 0.1) is 5.41 Å². The van der Waals surface area contributed by atoms with Crippen molar-refractivity contribution in [3.8, 4) is 0 Å². The van der Waals surface area contributed by atoms with Crippen molar-refractivity contribution in [3.05, 3.63) is 35.9 Å². The quantitative estimate of drug-likeness (QED) is 0.736. The van der Waals surface area contributed by atoms with E-state index in [0.29, 0.717) is 12.8 Å². The van der Waals surface area contributed by atoms with E-state index >= 15 is 0 Å². The van der Waals surface area contributed by atoms with Crippen molar-refractivity contribution in [2.75, 3.05) is 5.75 Å². The second-order valence-corrected chi connectivity index (χ2v) is 6.64. The van der Waals surface area contributed by atoms with Gasteiger partial charge in [-0.3, -0.25) is 0 Å². The Hall–Kier alpha value is -1.24. The van der Waals surface area contributed by atoms with Crippen molar-refractivity contribution in [3.63, 3.8) is 0 Å². The molecule has 1 amide bonds. The van der Waals surface area contributed by atoms with E-state index in [1.54, 1.807) is 0 Å². The van der Waals surface area contributed by atoms with E-state index in [9.17, 15) is 15.0 Å². The summed E-state index contributed by atoms with van der Waals surface area (Å²) in [5.74, 6) is 0.733. The molecular weight excluding hydrogens is 278 g/mol. The maximum absolute atomic E-state index is 11.6. The van der Waals surface area contributed by atoms with Crippen LogP contribution in [0.2, 0.25) is 0 Å². The third kappa shape index (κ3) is 2.39. The summed E-state index contributed by atoms with van der Waals surface area (Å²) in [5, 5.41) is 20.5. The van der Waals surface area contributed by atoms with Gasteiger partial charge in [0.25, 0.3) is 0 Å². The van der Waals surface area contributed by atoms with E-state index in [-0.39, 0.29) is 12.6 Å². The number of nitrogens with one attached hydrogen (secondary N) is 1. The highest BCUT2D eigenvalue weighted by Crippen LogP contribution is 2.62. The smallest absolute Gasteiger partial charge is 0.407 e. The fourth-order valence-corrected chi connectivity index (χ4v) is 3.92. The van der Waals surface area contributed by atoms with Crippen molar-refractivity contribution in [1.82, 2.24) is 5.32 Å². The molecule has 3 N–H and O–H groups in total. The number of rotatable bonds is 3. The molecule has 0 atom stereocenters. The maximum Gasteiger partial charge on any atom is 0.407 e. The molecular formula is C14H17NO4S. The molecule has 0 unspecified atom stereocenters. The van der Waals surface area contributed by atoms with E-state index in [1.165, 1.54) is 0 Å². The van der Waals surface area contributed by atoms with Crippen LogP contribution in [0.1, 0.15) is 18.4 Å². The van der Waals surface area contributed by atoms with Gasteiger partial charge in [0.1, 0.15) is 6.61 Å². The molecule has 1 aromatic carbocycles. The van der Waals surface area contributed by atoms with Crippen molar-refractivity contribution in [2.24, 2.45) is 5.41 Å². The van der Waals surface area contributed by atoms with Crippen LogP contribution in [0.3, 0.4) is 0 Å². The number of aliphatic hydroxyl groups is 2. The van der Waals surface area contributed by atoms with Crippen LogP contribution >= 0.6 is 11.8 Å². The van der Waals surface area contributed by atoms with Gasteiger partial charge < -0.3 is 20.3 Å². The summed E-state index contributed by atoms with van der Waals surface area (Å²) in [5.41, 5.74) is 0.502.